The largest absolute Gasteiger partial charge is 0.497 e. The fourth-order valence-corrected chi connectivity index (χ4v) is 2.07. The van der Waals surface area contributed by atoms with Gasteiger partial charge in [-0.1, -0.05) is 0 Å². The lowest BCUT2D eigenvalue weighted by Crippen LogP contribution is -2.16. The van der Waals surface area contributed by atoms with E-state index in [-0.39, 0.29) is 5.91 Å². The normalized spacial score (nSPS) is 10.3. The summed E-state index contributed by atoms with van der Waals surface area (Å²) < 4.78 is 6.97. The molecule has 20 heavy (non-hydrogen) atoms. The maximum absolute atomic E-state index is 12.3. The molecule has 2 rings (SSSR count). The highest BCUT2D eigenvalue weighted by Crippen LogP contribution is 2.22. The zero-order valence-electron chi connectivity index (χ0n) is 11.9. The lowest BCUT2D eigenvalue weighted by molar-refractivity contribution is 0.101. The van der Waals surface area contributed by atoms with Gasteiger partial charge in [-0.15, -0.1) is 0 Å². The number of nitrogens with zero attached hydrogens (tertiary/aromatic N) is 1. The summed E-state index contributed by atoms with van der Waals surface area (Å²) in [5.41, 5.74) is 8.59. The van der Waals surface area contributed by atoms with Crippen LogP contribution in [0.5, 0.6) is 5.75 Å². The summed E-state index contributed by atoms with van der Waals surface area (Å²) in [5, 5.41) is 2.89. The van der Waals surface area contributed by atoms with Crippen molar-refractivity contribution in [3.05, 3.63) is 41.7 Å². The summed E-state index contributed by atoms with van der Waals surface area (Å²) in [5.74, 6) is 0.596. The Kier molecular flexibility index (Phi) is 3.98. The lowest BCUT2D eigenvalue weighted by atomic mass is 10.2. The van der Waals surface area contributed by atoms with Gasteiger partial charge >= 0.3 is 0 Å². The molecule has 5 heteroatoms. The van der Waals surface area contributed by atoms with Gasteiger partial charge in [0.2, 0.25) is 0 Å². The molecule has 0 spiro atoms. The molecule has 1 heterocycles. The van der Waals surface area contributed by atoms with Crippen molar-refractivity contribution in [3.63, 3.8) is 0 Å². The predicted octanol–water partition coefficient (Wildman–Crippen LogP) is 2.66. The van der Waals surface area contributed by atoms with Crippen molar-refractivity contribution >= 4 is 17.3 Å². The van der Waals surface area contributed by atoms with Gasteiger partial charge in [0.05, 0.1) is 12.8 Å². The first-order chi connectivity index (χ1) is 9.55. The summed E-state index contributed by atoms with van der Waals surface area (Å²) in [6.45, 7) is 4.59. The maximum Gasteiger partial charge on any atom is 0.272 e. The number of anilines is 2. The summed E-state index contributed by atoms with van der Waals surface area (Å²) >= 11 is 0. The van der Waals surface area contributed by atoms with Gasteiger partial charge in [0.25, 0.3) is 5.91 Å². The van der Waals surface area contributed by atoms with E-state index in [1.807, 2.05) is 36.6 Å². The standard InChI is InChI=1S/C15H19N3O2/c1-4-18-9-11(16)8-14(18)15(19)17-13-6-5-12(20-3)7-10(13)2/h5-9H,4,16H2,1-3H3,(H,17,19). The summed E-state index contributed by atoms with van der Waals surface area (Å²) in [7, 11) is 1.62. The smallest absolute Gasteiger partial charge is 0.272 e. The Balaban J connectivity index is 2.23. The van der Waals surface area contributed by atoms with Crippen LogP contribution in [0.3, 0.4) is 0 Å². The quantitative estimate of drug-likeness (QED) is 0.899. The summed E-state index contributed by atoms with van der Waals surface area (Å²) in [6.07, 6.45) is 1.76. The number of amides is 1. The molecule has 5 nitrogen and oxygen atoms in total. The maximum atomic E-state index is 12.3. The number of nitrogens with one attached hydrogen (secondary N) is 1. The van der Waals surface area contributed by atoms with Crippen LogP contribution in [0, 0.1) is 6.92 Å². The first-order valence-electron chi connectivity index (χ1n) is 6.46. The summed E-state index contributed by atoms with van der Waals surface area (Å²) in [4.78, 5) is 12.3. The fraction of sp³-hybridized carbons (Fsp3) is 0.267. The number of rotatable bonds is 4. The SMILES string of the molecule is CCn1cc(N)cc1C(=O)Nc1ccc(OC)cc1C. The first-order valence-corrected chi connectivity index (χ1v) is 6.46. The van der Waals surface area contributed by atoms with Crippen molar-refractivity contribution in [2.24, 2.45) is 0 Å². The molecular formula is C15H19N3O2. The van der Waals surface area contributed by atoms with Gasteiger partial charge in [-0.2, -0.15) is 0 Å². The van der Waals surface area contributed by atoms with Gasteiger partial charge in [0.15, 0.2) is 0 Å². The minimum atomic E-state index is -0.170. The van der Waals surface area contributed by atoms with Crippen LogP contribution in [0.4, 0.5) is 11.4 Å². The number of aryl methyl sites for hydroxylation is 2. The number of aromatic nitrogens is 1. The third-order valence-electron chi connectivity index (χ3n) is 3.17. The van der Waals surface area contributed by atoms with Crippen LogP contribution < -0.4 is 15.8 Å². The van der Waals surface area contributed by atoms with Crippen molar-refractivity contribution in [2.45, 2.75) is 20.4 Å². The Morgan fingerprint density at radius 1 is 1.40 bits per heavy atom. The molecule has 3 N–H and O–H groups in total. The van der Waals surface area contributed by atoms with Crippen molar-refractivity contribution in [1.82, 2.24) is 4.57 Å². The second-order valence-electron chi connectivity index (χ2n) is 4.58. The topological polar surface area (TPSA) is 69.3 Å². The second kappa shape index (κ2) is 5.69. The van der Waals surface area contributed by atoms with Crippen molar-refractivity contribution in [2.75, 3.05) is 18.2 Å². The molecule has 0 atom stereocenters. The minimum absolute atomic E-state index is 0.170. The molecule has 0 bridgehead atoms. The molecule has 0 unspecified atom stereocenters. The monoisotopic (exact) mass is 273 g/mol. The van der Waals surface area contributed by atoms with E-state index in [1.165, 1.54) is 0 Å². The summed E-state index contributed by atoms with van der Waals surface area (Å²) in [6, 6.07) is 7.20. The van der Waals surface area contributed by atoms with E-state index < -0.39 is 0 Å². The molecule has 0 saturated heterocycles. The first kappa shape index (κ1) is 14.0. The molecule has 0 aliphatic heterocycles. The molecule has 106 valence electrons. The molecule has 1 aromatic carbocycles. The number of nitrogen functional groups attached to an aromatic ring is 1. The molecule has 0 saturated carbocycles. The highest BCUT2D eigenvalue weighted by atomic mass is 16.5. The van der Waals surface area contributed by atoms with E-state index in [0.717, 1.165) is 17.0 Å². The van der Waals surface area contributed by atoms with Crippen LogP contribution in [0.25, 0.3) is 0 Å². The van der Waals surface area contributed by atoms with E-state index in [0.29, 0.717) is 17.9 Å². The average Bonchev–Trinajstić information content (AvgIpc) is 2.82. The number of nitrogens with two attached hydrogens (primary N) is 1. The Bertz CT molecular complexity index is 632. The third kappa shape index (κ3) is 2.77. The number of methoxy groups -OCH3 is 1. The second-order valence-corrected chi connectivity index (χ2v) is 4.58. The molecule has 0 aliphatic rings. The highest BCUT2D eigenvalue weighted by molar-refractivity contribution is 6.04. The number of hydrogen-bond donors (Lipinski definition) is 2. The van der Waals surface area contributed by atoms with Crippen LogP contribution in [-0.2, 0) is 6.54 Å². The lowest BCUT2D eigenvalue weighted by Gasteiger charge is -2.11. The molecule has 1 amide bonds. The number of carbonyl (C=O) groups is 1. The van der Waals surface area contributed by atoms with E-state index in [1.54, 1.807) is 19.4 Å². The fourth-order valence-electron chi connectivity index (χ4n) is 2.07. The zero-order valence-corrected chi connectivity index (χ0v) is 11.9. The van der Waals surface area contributed by atoms with Gasteiger partial charge in [0.1, 0.15) is 11.4 Å². The number of ether oxygens (including phenoxy) is 1. The van der Waals surface area contributed by atoms with E-state index in [2.05, 4.69) is 5.32 Å². The molecule has 0 radical (unpaired) electrons. The van der Waals surface area contributed by atoms with Crippen molar-refractivity contribution < 1.29 is 9.53 Å². The molecule has 1 aromatic heterocycles. The Morgan fingerprint density at radius 3 is 2.75 bits per heavy atom. The number of hydrogen-bond acceptors (Lipinski definition) is 3. The molecule has 2 aromatic rings. The number of benzene rings is 1. The van der Waals surface area contributed by atoms with Crippen molar-refractivity contribution in [3.8, 4) is 5.75 Å². The van der Waals surface area contributed by atoms with Crippen LogP contribution >= 0.6 is 0 Å². The van der Waals surface area contributed by atoms with Crippen molar-refractivity contribution in [1.29, 1.82) is 0 Å². The van der Waals surface area contributed by atoms with E-state index in [4.69, 9.17) is 10.5 Å². The van der Waals surface area contributed by atoms with Crippen LogP contribution in [0.2, 0.25) is 0 Å². The highest BCUT2D eigenvalue weighted by Gasteiger charge is 2.13. The molecular weight excluding hydrogens is 254 g/mol. The van der Waals surface area contributed by atoms with E-state index >= 15 is 0 Å². The molecule has 0 fully saturated rings. The van der Waals surface area contributed by atoms with Crippen LogP contribution in [-0.4, -0.2) is 17.6 Å². The van der Waals surface area contributed by atoms with Crippen LogP contribution in [0.15, 0.2) is 30.5 Å². The third-order valence-corrected chi connectivity index (χ3v) is 3.17. The predicted molar refractivity (Wildman–Crippen MR) is 80.2 cm³/mol. The van der Waals surface area contributed by atoms with Gasteiger partial charge < -0.3 is 20.4 Å². The number of carbonyl (C=O) groups excluding carboxylic acids is 1. The Labute approximate surface area is 118 Å². The Hall–Kier alpha value is -2.43. The van der Waals surface area contributed by atoms with Gasteiger partial charge in [0, 0.05) is 18.4 Å². The van der Waals surface area contributed by atoms with E-state index in [9.17, 15) is 4.79 Å². The average molecular weight is 273 g/mol. The minimum Gasteiger partial charge on any atom is -0.497 e. The Morgan fingerprint density at radius 2 is 2.15 bits per heavy atom. The zero-order chi connectivity index (χ0) is 14.7. The van der Waals surface area contributed by atoms with Crippen LogP contribution in [0.1, 0.15) is 23.0 Å². The van der Waals surface area contributed by atoms with Gasteiger partial charge in [-0.25, -0.2) is 0 Å². The molecule has 0 aliphatic carbocycles. The van der Waals surface area contributed by atoms with Gasteiger partial charge in [-0.05, 0) is 43.7 Å². The van der Waals surface area contributed by atoms with Gasteiger partial charge in [-0.3, -0.25) is 4.79 Å².